The fourth-order valence-electron chi connectivity index (χ4n) is 3.36. The average Bonchev–Trinajstić information content (AvgIpc) is 2.74. The molecular formula is C17H30N2O13. The molecule has 11 atom stereocenters. The number of hydrogen-bond acceptors (Lipinski definition) is 13. The second-order valence-corrected chi connectivity index (χ2v) is 7.52. The molecule has 0 aromatic heterocycles. The van der Waals surface area contributed by atoms with Gasteiger partial charge in [0.2, 0.25) is 5.91 Å². The molecule has 2 aliphatic heterocycles. The lowest BCUT2D eigenvalue weighted by Crippen LogP contribution is -2.68. The summed E-state index contributed by atoms with van der Waals surface area (Å²) in [5, 5.41) is 70.9. The predicted octanol–water partition coefficient (Wildman–Crippen LogP) is -5.82. The number of aliphatic hydroxyl groups excluding tert-OH is 6. The number of nitrogens with two attached hydrogens (primary N) is 1. The number of rotatable bonds is 9. The van der Waals surface area contributed by atoms with Crippen LogP contribution in [0.4, 0.5) is 0 Å². The minimum atomic E-state index is -1.81. The van der Waals surface area contributed by atoms with E-state index in [0.29, 0.717) is 0 Å². The lowest BCUT2D eigenvalue weighted by atomic mass is 9.95. The van der Waals surface area contributed by atoms with Gasteiger partial charge in [0.05, 0.1) is 19.8 Å². The molecule has 15 heteroatoms. The Balaban J connectivity index is 2.28. The first-order valence-electron chi connectivity index (χ1n) is 9.79. The van der Waals surface area contributed by atoms with Crippen LogP contribution in [-0.2, 0) is 28.5 Å². The average molecular weight is 470 g/mol. The van der Waals surface area contributed by atoms with E-state index in [-0.39, 0.29) is 0 Å². The van der Waals surface area contributed by atoms with Gasteiger partial charge in [0.1, 0.15) is 54.8 Å². The molecule has 15 nitrogen and oxygen atoms in total. The molecule has 1 amide bonds. The van der Waals surface area contributed by atoms with Gasteiger partial charge in [-0.15, -0.1) is 0 Å². The molecule has 0 aliphatic carbocycles. The number of carbonyl (C=O) groups excluding carboxylic acids is 1. The third-order valence-electron chi connectivity index (χ3n) is 5.12. The quantitative estimate of drug-likeness (QED) is 0.152. The Morgan fingerprint density at radius 1 is 0.969 bits per heavy atom. The fourth-order valence-corrected chi connectivity index (χ4v) is 3.36. The monoisotopic (exact) mass is 470 g/mol. The normalized spacial score (nSPS) is 41.1. The van der Waals surface area contributed by atoms with Crippen molar-refractivity contribution in [2.24, 2.45) is 5.73 Å². The Hall–Kier alpha value is -1.50. The third kappa shape index (κ3) is 6.09. The van der Waals surface area contributed by atoms with E-state index in [1.807, 2.05) is 0 Å². The van der Waals surface area contributed by atoms with Crippen LogP contribution in [0.5, 0.6) is 0 Å². The number of ether oxygens (including phenoxy) is 4. The molecule has 2 aliphatic rings. The molecule has 0 radical (unpaired) electrons. The van der Waals surface area contributed by atoms with Gasteiger partial charge < -0.3 is 65.7 Å². The van der Waals surface area contributed by atoms with Crippen LogP contribution in [0.15, 0.2) is 0 Å². The van der Waals surface area contributed by atoms with Crippen molar-refractivity contribution < 1.29 is 64.3 Å². The van der Waals surface area contributed by atoms with Crippen molar-refractivity contribution in [1.82, 2.24) is 5.32 Å². The van der Waals surface area contributed by atoms with Crippen molar-refractivity contribution in [2.75, 3.05) is 19.8 Å². The summed E-state index contributed by atoms with van der Waals surface area (Å²) in [6, 6.07) is -2.75. The zero-order valence-electron chi connectivity index (χ0n) is 17.1. The first-order valence-corrected chi connectivity index (χ1v) is 9.79. The van der Waals surface area contributed by atoms with Crippen LogP contribution < -0.4 is 11.1 Å². The molecule has 10 N–H and O–H groups in total. The largest absolute Gasteiger partial charge is 0.480 e. The highest BCUT2D eigenvalue weighted by molar-refractivity contribution is 5.73. The molecule has 0 spiro atoms. The van der Waals surface area contributed by atoms with E-state index < -0.39 is 99.1 Å². The maximum atomic E-state index is 11.7. The molecule has 32 heavy (non-hydrogen) atoms. The van der Waals surface area contributed by atoms with Crippen molar-refractivity contribution >= 4 is 11.9 Å². The molecule has 2 saturated heterocycles. The molecule has 2 rings (SSSR count). The van der Waals surface area contributed by atoms with E-state index in [9.17, 15) is 40.2 Å². The predicted molar refractivity (Wildman–Crippen MR) is 99.6 cm³/mol. The van der Waals surface area contributed by atoms with Gasteiger partial charge in [-0.3, -0.25) is 9.59 Å². The van der Waals surface area contributed by atoms with Gasteiger partial charge in [0, 0.05) is 6.92 Å². The van der Waals surface area contributed by atoms with Gasteiger partial charge in [0.25, 0.3) is 0 Å². The van der Waals surface area contributed by atoms with E-state index in [0.717, 1.165) is 6.92 Å². The minimum Gasteiger partial charge on any atom is -0.480 e. The summed E-state index contributed by atoms with van der Waals surface area (Å²) in [5.41, 5.74) is 5.41. The van der Waals surface area contributed by atoms with Gasteiger partial charge in [-0.05, 0) is 0 Å². The van der Waals surface area contributed by atoms with E-state index >= 15 is 0 Å². The van der Waals surface area contributed by atoms with Crippen LogP contribution in [0.25, 0.3) is 0 Å². The third-order valence-corrected chi connectivity index (χ3v) is 5.12. The molecule has 186 valence electrons. The Morgan fingerprint density at radius 2 is 1.53 bits per heavy atom. The molecule has 0 bridgehead atoms. The van der Waals surface area contributed by atoms with E-state index in [2.05, 4.69) is 5.32 Å². The summed E-state index contributed by atoms with van der Waals surface area (Å²) in [5.74, 6) is -1.99. The molecule has 0 saturated carbocycles. The standard InChI is InChI=1S/C17H30N2O13/c1-5(22)19-9-14(32-17-13(26)12(25)10(23)7(2-20)31-17)11(24)8(3-21)30-16(9)29-4-6(18)15(27)28/h6-14,16-17,20-21,23-26H,2-4,18H2,1H3,(H,19,22)(H,27,28)/t6-,7+,8+,9+,10-,11-,12-,13+,14+,16-,17-/m0/s1. The van der Waals surface area contributed by atoms with Gasteiger partial charge in [-0.25, -0.2) is 0 Å². The summed E-state index contributed by atoms with van der Waals surface area (Å²) in [4.78, 5) is 22.7. The maximum Gasteiger partial charge on any atom is 0.322 e. The summed E-state index contributed by atoms with van der Waals surface area (Å²) < 4.78 is 21.6. The summed E-state index contributed by atoms with van der Waals surface area (Å²) in [7, 11) is 0. The zero-order valence-corrected chi connectivity index (χ0v) is 17.1. The number of aliphatic carboxylic acids is 1. The number of aliphatic hydroxyl groups is 6. The lowest BCUT2D eigenvalue weighted by molar-refractivity contribution is -0.344. The maximum absolute atomic E-state index is 11.7. The number of carboxylic acid groups (broad SMARTS) is 1. The highest BCUT2D eigenvalue weighted by Gasteiger charge is 2.51. The Labute approximate surface area is 182 Å². The van der Waals surface area contributed by atoms with Crippen LogP contribution in [0, 0.1) is 0 Å². The van der Waals surface area contributed by atoms with Crippen LogP contribution in [0.1, 0.15) is 6.92 Å². The van der Waals surface area contributed by atoms with Crippen molar-refractivity contribution in [2.45, 2.75) is 74.3 Å². The zero-order chi connectivity index (χ0) is 24.2. The van der Waals surface area contributed by atoms with Crippen molar-refractivity contribution in [3.63, 3.8) is 0 Å². The molecule has 0 unspecified atom stereocenters. The molecular weight excluding hydrogens is 440 g/mol. The highest BCUT2D eigenvalue weighted by atomic mass is 16.7. The van der Waals surface area contributed by atoms with Crippen LogP contribution in [-0.4, -0.2) is 135 Å². The van der Waals surface area contributed by atoms with E-state index in [1.54, 1.807) is 0 Å². The van der Waals surface area contributed by atoms with E-state index in [4.69, 9.17) is 29.8 Å². The highest BCUT2D eigenvalue weighted by Crippen LogP contribution is 2.29. The number of nitrogens with one attached hydrogen (secondary N) is 1. The van der Waals surface area contributed by atoms with Gasteiger partial charge in [-0.2, -0.15) is 0 Å². The van der Waals surface area contributed by atoms with Crippen molar-refractivity contribution in [1.29, 1.82) is 0 Å². The second-order valence-electron chi connectivity index (χ2n) is 7.52. The Kier molecular flexibility index (Phi) is 9.68. The first-order chi connectivity index (χ1) is 15.0. The lowest BCUT2D eigenvalue weighted by Gasteiger charge is -2.47. The van der Waals surface area contributed by atoms with Gasteiger partial charge >= 0.3 is 5.97 Å². The number of hydrogen-bond donors (Lipinski definition) is 9. The van der Waals surface area contributed by atoms with E-state index in [1.165, 1.54) is 0 Å². The minimum absolute atomic E-state index is 0.558. The summed E-state index contributed by atoms with van der Waals surface area (Å²) in [6.07, 6.45) is -14.1. The van der Waals surface area contributed by atoms with Crippen molar-refractivity contribution in [3.8, 4) is 0 Å². The Morgan fingerprint density at radius 3 is 2.06 bits per heavy atom. The molecule has 0 aromatic rings. The smallest absolute Gasteiger partial charge is 0.322 e. The first kappa shape index (κ1) is 26.7. The number of carboxylic acids is 1. The number of carbonyl (C=O) groups is 2. The molecule has 2 heterocycles. The Bertz CT molecular complexity index is 638. The van der Waals surface area contributed by atoms with Gasteiger partial charge in [-0.1, -0.05) is 0 Å². The van der Waals surface area contributed by atoms with Gasteiger partial charge in [0.15, 0.2) is 12.6 Å². The molecule has 0 aromatic carbocycles. The SMILES string of the molecule is CC(=O)N[C@H]1[C@@H](OC[C@H](N)C(=O)O)O[C@H](CO)[C@H](O)[C@@H]1O[C@@H]1O[C@H](CO)[C@H](O)[C@H](O)[C@H]1O. The summed E-state index contributed by atoms with van der Waals surface area (Å²) >= 11 is 0. The number of amides is 1. The second kappa shape index (κ2) is 11.6. The van der Waals surface area contributed by atoms with Crippen molar-refractivity contribution in [3.05, 3.63) is 0 Å². The van der Waals surface area contributed by atoms with Crippen LogP contribution >= 0.6 is 0 Å². The van der Waals surface area contributed by atoms with Crippen LogP contribution in [0.2, 0.25) is 0 Å². The molecule has 2 fully saturated rings. The topological polar surface area (TPSA) is 251 Å². The fraction of sp³-hybridized carbons (Fsp3) is 0.882. The van der Waals surface area contributed by atoms with Crippen LogP contribution in [0.3, 0.4) is 0 Å². The summed E-state index contributed by atoms with van der Waals surface area (Å²) in [6.45, 7) is -0.881.